The molecule has 1 aromatic rings. The van der Waals surface area contributed by atoms with E-state index in [4.69, 9.17) is 9.57 Å². The van der Waals surface area contributed by atoms with Crippen LogP contribution in [0.2, 0.25) is 0 Å². The van der Waals surface area contributed by atoms with Gasteiger partial charge in [-0.15, -0.1) is 0 Å². The quantitative estimate of drug-likeness (QED) is 0.716. The summed E-state index contributed by atoms with van der Waals surface area (Å²) in [6, 6.07) is 5.51. The lowest BCUT2D eigenvalue weighted by molar-refractivity contribution is -0.154. The van der Waals surface area contributed by atoms with E-state index in [1.807, 2.05) is 18.2 Å². The normalized spacial score (nSPS) is 18.8. The Morgan fingerprint density at radius 2 is 2.50 bits per heavy atom. The first-order valence-electron chi connectivity index (χ1n) is 5.12. The van der Waals surface area contributed by atoms with Crippen molar-refractivity contribution in [1.29, 1.82) is 0 Å². The molecule has 84 valence electrons. The maximum atomic E-state index is 11.4. The van der Waals surface area contributed by atoms with Crippen LogP contribution in [0.15, 0.2) is 29.6 Å². The Bertz CT molecular complexity index is 403. The number of nitrogens with zero attached hydrogens (tertiary/aromatic N) is 2. The number of pyridine rings is 1. The highest BCUT2D eigenvalue weighted by atomic mass is 16.7. The molecule has 1 aliphatic rings. The summed E-state index contributed by atoms with van der Waals surface area (Å²) in [6.45, 7) is 2.10. The van der Waals surface area contributed by atoms with Crippen LogP contribution in [0.1, 0.15) is 19.0 Å². The molecule has 1 aromatic heterocycles. The number of ether oxygens (including phenoxy) is 1. The van der Waals surface area contributed by atoms with Crippen molar-refractivity contribution in [1.82, 2.24) is 4.98 Å². The summed E-state index contributed by atoms with van der Waals surface area (Å²) in [4.78, 5) is 20.5. The van der Waals surface area contributed by atoms with Gasteiger partial charge in [-0.3, -0.25) is 4.98 Å². The maximum absolute atomic E-state index is 11.4. The molecule has 1 aliphatic heterocycles. The van der Waals surface area contributed by atoms with Crippen LogP contribution in [0.5, 0.6) is 0 Å². The van der Waals surface area contributed by atoms with Crippen molar-refractivity contribution >= 4 is 11.7 Å². The summed E-state index contributed by atoms with van der Waals surface area (Å²) in [5.41, 5.74) is 1.41. The minimum Gasteiger partial charge on any atom is -0.463 e. The Morgan fingerprint density at radius 1 is 1.62 bits per heavy atom. The number of hydrogen-bond acceptors (Lipinski definition) is 5. The van der Waals surface area contributed by atoms with Gasteiger partial charge in [0, 0.05) is 12.6 Å². The van der Waals surface area contributed by atoms with Crippen molar-refractivity contribution in [3.8, 4) is 0 Å². The zero-order valence-electron chi connectivity index (χ0n) is 8.92. The van der Waals surface area contributed by atoms with Crippen LogP contribution in [0.4, 0.5) is 0 Å². The molecule has 2 heterocycles. The van der Waals surface area contributed by atoms with Crippen LogP contribution in [0, 0.1) is 0 Å². The maximum Gasteiger partial charge on any atom is 0.350 e. The average Bonchev–Trinajstić information content (AvgIpc) is 2.80. The van der Waals surface area contributed by atoms with Gasteiger partial charge in [0.15, 0.2) is 0 Å². The third-order valence-corrected chi connectivity index (χ3v) is 2.18. The number of rotatable bonds is 3. The molecule has 0 aromatic carbocycles. The van der Waals surface area contributed by atoms with Crippen molar-refractivity contribution in [2.24, 2.45) is 5.16 Å². The molecular weight excluding hydrogens is 208 g/mol. The van der Waals surface area contributed by atoms with E-state index in [1.54, 1.807) is 13.1 Å². The third-order valence-electron chi connectivity index (χ3n) is 2.18. The van der Waals surface area contributed by atoms with Gasteiger partial charge in [-0.25, -0.2) is 4.79 Å². The van der Waals surface area contributed by atoms with E-state index in [0.717, 1.165) is 5.69 Å². The second kappa shape index (κ2) is 4.74. The van der Waals surface area contributed by atoms with Gasteiger partial charge in [0.25, 0.3) is 0 Å². The highest BCUT2D eigenvalue weighted by Gasteiger charge is 2.30. The van der Waals surface area contributed by atoms with Crippen LogP contribution >= 0.6 is 0 Å². The number of aromatic nitrogens is 1. The van der Waals surface area contributed by atoms with E-state index < -0.39 is 6.10 Å². The Morgan fingerprint density at radius 3 is 3.19 bits per heavy atom. The molecule has 0 saturated heterocycles. The zero-order valence-corrected chi connectivity index (χ0v) is 8.92. The molecule has 0 spiro atoms. The van der Waals surface area contributed by atoms with Crippen molar-refractivity contribution in [2.75, 3.05) is 6.61 Å². The lowest BCUT2D eigenvalue weighted by atomic mass is 10.1. The van der Waals surface area contributed by atoms with Crippen molar-refractivity contribution < 1.29 is 14.4 Å². The predicted octanol–water partition coefficient (Wildman–Crippen LogP) is 1.14. The molecule has 2 rings (SSSR count). The van der Waals surface area contributed by atoms with Crippen molar-refractivity contribution in [3.63, 3.8) is 0 Å². The van der Waals surface area contributed by atoms with Gasteiger partial charge in [-0.05, 0) is 19.1 Å². The zero-order chi connectivity index (χ0) is 11.4. The molecule has 5 heteroatoms. The predicted molar refractivity (Wildman–Crippen MR) is 56.9 cm³/mol. The summed E-state index contributed by atoms with van der Waals surface area (Å²) >= 11 is 0. The molecule has 0 radical (unpaired) electrons. The molecule has 1 atom stereocenters. The lowest BCUT2D eigenvalue weighted by Crippen LogP contribution is -2.23. The van der Waals surface area contributed by atoms with Gasteiger partial charge in [-0.1, -0.05) is 11.2 Å². The summed E-state index contributed by atoms with van der Waals surface area (Å²) in [5.74, 6) is -0.378. The van der Waals surface area contributed by atoms with Crippen LogP contribution in [-0.2, 0) is 14.4 Å². The summed E-state index contributed by atoms with van der Waals surface area (Å²) in [5, 5.41) is 3.84. The molecular formula is C11H12N2O3. The molecule has 0 fully saturated rings. The largest absolute Gasteiger partial charge is 0.463 e. The number of carbonyl (C=O) groups is 1. The second-order valence-corrected chi connectivity index (χ2v) is 3.30. The third kappa shape index (κ3) is 2.18. The molecule has 0 amide bonds. The summed E-state index contributed by atoms with van der Waals surface area (Å²) in [6.07, 6.45) is 1.46. The van der Waals surface area contributed by atoms with Crippen LogP contribution in [0.25, 0.3) is 0 Å². The highest BCUT2D eigenvalue weighted by Crippen LogP contribution is 2.16. The smallest absolute Gasteiger partial charge is 0.350 e. The lowest BCUT2D eigenvalue weighted by Gasteiger charge is -2.05. The monoisotopic (exact) mass is 220 g/mol. The Hall–Kier alpha value is -1.91. The molecule has 0 unspecified atom stereocenters. The average molecular weight is 220 g/mol. The topological polar surface area (TPSA) is 60.8 Å². The minimum atomic E-state index is -0.628. The molecule has 16 heavy (non-hydrogen) atoms. The molecule has 0 saturated carbocycles. The number of carbonyl (C=O) groups excluding carboxylic acids is 1. The Balaban J connectivity index is 2.00. The fourth-order valence-electron chi connectivity index (χ4n) is 1.42. The van der Waals surface area contributed by atoms with Crippen molar-refractivity contribution in [3.05, 3.63) is 30.1 Å². The number of oxime groups is 1. The second-order valence-electron chi connectivity index (χ2n) is 3.30. The van der Waals surface area contributed by atoms with Gasteiger partial charge in [0.1, 0.15) is 5.71 Å². The first kappa shape index (κ1) is 10.6. The van der Waals surface area contributed by atoms with Gasteiger partial charge < -0.3 is 9.57 Å². The fraction of sp³-hybridized carbons (Fsp3) is 0.364. The molecule has 5 nitrogen and oxygen atoms in total. The van der Waals surface area contributed by atoms with Crippen LogP contribution in [-0.4, -0.2) is 29.4 Å². The van der Waals surface area contributed by atoms with Gasteiger partial charge in [0.2, 0.25) is 6.10 Å². The summed E-state index contributed by atoms with van der Waals surface area (Å²) < 4.78 is 4.85. The number of esters is 1. The van der Waals surface area contributed by atoms with Gasteiger partial charge in [-0.2, -0.15) is 0 Å². The van der Waals surface area contributed by atoms with E-state index in [2.05, 4.69) is 10.1 Å². The Labute approximate surface area is 93.1 Å². The fourth-order valence-corrected chi connectivity index (χ4v) is 1.42. The Kier molecular flexibility index (Phi) is 3.14. The molecule has 0 bridgehead atoms. The first-order chi connectivity index (χ1) is 7.81. The standard InChI is InChI=1S/C11H12N2O3/c1-2-15-11(14)10-7-9(13-16-10)8-5-3-4-6-12-8/h3-6,10H,2,7H2,1H3/t10-/m0/s1. The molecule has 0 N–H and O–H groups in total. The number of hydrogen-bond donors (Lipinski definition) is 0. The van der Waals surface area contributed by atoms with E-state index in [1.165, 1.54) is 0 Å². The van der Waals surface area contributed by atoms with E-state index >= 15 is 0 Å². The van der Waals surface area contributed by atoms with E-state index in [9.17, 15) is 4.79 Å². The molecule has 0 aliphatic carbocycles. The van der Waals surface area contributed by atoms with E-state index in [-0.39, 0.29) is 5.97 Å². The van der Waals surface area contributed by atoms with E-state index in [0.29, 0.717) is 18.7 Å². The van der Waals surface area contributed by atoms with Crippen molar-refractivity contribution in [2.45, 2.75) is 19.4 Å². The van der Waals surface area contributed by atoms with Crippen LogP contribution < -0.4 is 0 Å². The first-order valence-corrected chi connectivity index (χ1v) is 5.12. The SMILES string of the molecule is CCOC(=O)[C@@H]1CC(c2ccccn2)=NO1. The van der Waals surface area contributed by atoms with Crippen LogP contribution in [0.3, 0.4) is 0 Å². The summed E-state index contributed by atoms with van der Waals surface area (Å²) in [7, 11) is 0. The van der Waals surface area contributed by atoms with Gasteiger partial charge in [0.05, 0.1) is 12.3 Å². The van der Waals surface area contributed by atoms with Gasteiger partial charge >= 0.3 is 5.97 Å². The highest BCUT2D eigenvalue weighted by molar-refractivity contribution is 6.02. The minimum absolute atomic E-state index is 0.345.